The number of aliphatic hydroxyl groups excluding tert-OH is 1. The zero-order chi connectivity index (χ0) is 12.8. The normalized spacial score (nSPS) is 28.5. The van der Waals surface area contributed by atoms with Crippen LogP contribution in [0.1, 0.15) is 57.6 Å². The van der Waals surface area contributed by atoms with E-state index < -0.39 is 0 Å². The minimum atomic E-state index is -0.365. The Hall–Kier alpha value is -1.02. The molecule has 2 heteroatoms. The van der Waals surface area contributed by atoms with Gasteiger partial charge >= 0.3 is 0 Å². The van der Waals surface area contributed by atoms with Crippen LogP contribution in [0.25, 0.3) is 0 Å². The molecule has 2 aliphatic rings. The van der Waals surface area contributed by atoms with Crippen LogP contribution in [0.15, 0.2) is 24.3 Å². The molecule has 1 unspecified atom stereocenters. The van der Waals surface area contributed by atoms with Crippen molar-refractivity contribution in [2.75, 3.05) is 0 Å². The monoisotopic (exact) mass is 246 g/mol. The molecule has 1 spiro atoms. The zero-order valence-electron chi connectivity index (χ0n) is 11.3. The first-order chi connectivity index (χ1) is 8.50. The van der Waals surface area contributed by atoms with Gasteiger partial charge in [-0.05, 0) is 37.2 Å². The van der Waals surface area contributed by atoms with E-state index in [1.54, 1.807) is 0 Å². The lowest BCUT2D eigenvalue weighted by atomic mass is 9.68. The first-order valence-corrected chi connectivity index (χ1v) is 6.96. The van der Waals surface area contributed by atoms with Crippen molar-refractivity contribution in [3.63, 3.8) is 0 Å². The molecule has 0 aromatic heterocycles. The lowest BCUT2D eigenvalue weighted by Gasteiger charge is -2.47. The first kappa shape index (κ1) is 12.0. The maximum atomic E-state index is 10.3. The van der Waals surface area contributed by atoms with E-state index in [4.69, 9.17) is 4.74 Å². The van der Waals surface area contributed by atoms with E-state index in [1.165, 1.54) is 12.8 Å². The van der Waals surface area contributed by atoms with Gasteiger partial charge in [0.15, 0.2) is 0 Å². The third-order valence-corrected chi connectivity index (χ3v) is 4.68. The van der Waals surface area contributed by atoms with Gasteiger partial charge < -0.3 is 9.84 Å². The maximum Gasteiger partial charge on any atom is 0.125 e. The van der Waals surface area contributed by atoms with Crippen LogP contribution in [0.5, 0.6) is 5.75 Å². The Balaban J connectivity index is 1.86. The lowest BCUT2D eigenvalue weighted by Crippen LogP contribution is -2.45. The molecule has 1 fully saturated rings. The van der Waals surface area contributed by atoms with E-state index in [9.17, 15) is 5.11 Å². The topological polar surface area (TPSA) is 29.5 Å². The van der Waals surface area contributed by atoms with Gasteiger partial charge in [-0.25, -0.2) is 0 Å². The summed E-state index contributed by atoms with van der Waals surface area (Å²) in [6.07, 6.45) is 4.87. The zero-order valence-corrected chi connectivity index (χ0v) is 11.3. The van der Waals surface area contributed by atoms with Crippen LogP contribution in [0.3, 0.4) is 0 Å². The Morgan fingerprint density at radius 2 is 1.78 bits per heavy atom. The number of ether oxygens (including phenoxy) is 1. The minimum absolute atomic E-state index is 0.122. The van der Waals surface area contributed by atoms with Crippen molar-refractivity contribution in [3.8, 4) is 5.75 Å². The second-order valence-electron chi connectivity index (χ2n) is 6.71. The molecule has 1 heterocycles. The van der Waals surface area contributed by atoms with Crippen molar-refractivity contribution in [2.24, 2.45) is 5.41 Å². The van der Waals surface area contributed by atoms with Gasteiger partial charge in [0.2, 0.25) is 0 Å². The van der Waals surface area contributed by atoms with Gasteiger partial charge in [0.1, 0.15) is 11.4 Å². The van der Waals surface area contributed by atoms with Gasteiger partial charge in [-0.2, -0.15) is 0 Å². The fourth-order valence-electron chi connectivity index (χ4n) is 3.27. The summed E-state index contributed by atoms with van der Waals surface area (Å²) in [6.45, 7) is 4.65. The van der Waals surface area contributed by atoms with Gasteiger partial charge in [0, 0.05) is 12.0 Å². The van der Waals surface area contributed by atoms with Gasteiger partial charge in [-0.3, -0.25) is 0 Å². The molecule has 3 rings (SSSR count). The van der Waals surface area contributed by atoms with E-state index >= 15 is 0 Å². The molecule has 1 aromatic rings. The second kappa shape index (κ2) is 3.99. The molecule has 1 aromatic carbocycles. The van der Waals surface area contributed by atoms with Gasteiger partial charge in [0.05, 0.1) is 6.10 Å². The van der Waals surface area contributed by atoms with Crippen LogP contribution >= 0.6 is 0 Å². The average molecular weight is 246 g/mol. The third-order valence-electron chi connectivity index (χ3n) is 4.68. The third kappa shape index (κ3) is 2.03. The highest BCUT2D eigenvalue weighted by molar-refractivity contribution is 5.38. The second-order valence-corrected chi connectivity index (χ2v) is 6.71. The molecule has 2 nitrogen and oxygen atoms in total. The molecule has 0 radical (unpaired) electrons. The van der Waals surface area contributed by atoms with Gasteiger partial charge in [-0.1, -0.05) is 32.0 Å². The number of fused-ring (bicyclic) bond motifs is 1. The van der Waals surface area contributed by atoms with Crippen LogP contribution < -0.4 is 4.74 Å². The fraction of sp³-hybridized carbons (Fsp3) is 0.625. The Bertz CT molecular complexity index is 440. The van der Waals surface area contributed by atoms with Gasteiger partial charge in [0.25, 0.3) is 0 Å². The Labute approximate surface area is 109 Å². The SMILES string of the molecule is CC1(C)CCC2(CC1)CC(O)c1ccccc1O2. The molecule has 98 valence electrons. The molecule has 1 aliphatic carbocycles. The molecule has 0 amide bonds. The van der Waals surface area contributed by atoms with Gasteiger partial charge in [-0.15, -0.1) is 0 Å². The van der Waals surface area contributed by atoms with Crippen molar-refractivity contribution in [2.45, 2.75) is 57.7 Å². The number of hydrogen-bond acceptors (Lipinski definition) is 2. The summed E-state index contributed by atoms with van der Waals surface area (Å²) in [5, 5.41) is 10.3. The van der Waals surface area contributed by atoms with E-state index in [2.05, 4.69) is 13.8 Å². The van der Waals surface area contributed by atoms with Crippen molar-refractivity contribution >= 4 is 0 Å². The van der Waals surface area contributed by atoms with Crippen LogP contribution in [0.4, 0.5) is 0 Å². The summed E-state index contributed by atoms with van der Waals surface area (Å²) < 4.78 is 6.26. The largest absolute Gasteiger partial charge is 0.487 e. The molecule has 0 saturated heterocycles. The molecule has 0 bridgehead atoms. The van der Waals surface area contributed by atoms with E-state index in [0.717, 1.165) is 30.6 Å². The van der Waals surface area contributed by atoms with E-state index in [-0.39, 0.29) is 11.7 Å². The quantitative estimate of drug-likeness (QED) is 0.753. The Kier molecular flexibility index (Phi) is 2.67. The minimum Gasteiger partial charge on any atom is -0.487 e. The first-order valence-electron chi connectivity index (χ1n) is 6.96. The number of rotatable bonds is 0. The average Bonchev–Trinajstić information content (AvgIpc) is 2.34. The van der Waals surface area contributed by atoms with Crippen LogP contribution in [0.2, 0.25) is 0 Å². The molecule has 1 N–H and O–H groups in total. The smallest absolute Gasteiger partial charge is 0.125 e. The summed E-state index contributed by atoms with van der Waals surface area (Å²) in [5.41, 5.74) is 1.26. The maximum absolute atomic E-state index is 10.3. The molecule has 1 aliphatic heterocycles. The predicted molar refractivity (Wildman–Crippen MR) is 71.6 cm³/mol. The number of benzene rings is 1. The van der Waals surface area contributed by atoms with Crippen molar-refractivity contribution < 1.29 is 9.84 Å². The summed E-state index contributed by atoms with van der Waals surface area (Å²) in [6, 6.07) is 7.91. The van der Waals surface area contributed by atoms with Crippen molar-refractivity contribution in [3.05, 3.63) is 29.8 Å². The molecular formula is C16H22O2. The summed E-state index contributed by atoms with van der Waals surface area (Å²) in [7, 11) is 0. The fourth-order valence-corrected chi connectivity index (χ4v) is 3.27. The predicted octanol–water partition coefficient (Wildman–Crippen LogP) is 3.84. The molecule has 1 atom stereocenters. The van der Waals surface area contributed by atoms with E-state index in [1.807, 2.05) is 24.3 Å². The van der Waals surface area contributed by atoms with Crippen LogP contribution in [0, 0.1) is 5.41 Å². The number of aliphatic hydroxyl groups is 1. The number of hydrogen-bond donors (Lipinski definition) is 1. The van der Waals surface area contributed by atoms with Crippen molar-refractivity contribution in [1.29, 1.82) is 0 Å². The Morgan fingerprint density at radius 1 is 1.11 bits per heavy atom. The Morgan fingerprint density at radius 3 is 2.50 bits per heavy atom. The van der Waals surface area contributed by atoms with Crippen LogP contribution in [-0.4, -0.2) is 10.7 Å². The standard InChI is InChI=1S/C16H22O2/c1-15(2)7-9-16(10-8-15)11-13(17)12-5-3-4-6-14(12)18-16/h3-6,13,17H,7-11H2,1-2H3. The van der Waals surface area contributed by atoms with Crippen molar-refractivity contribution in [1.82, 2.24) is 0 Å². The highest BCUT2D eigenvalue weighted by Gasteiger charge is 2.44. The highest BCUT2D eigenvalue weighted by Crippen LogP contribution is 2.49. The summed E-state index contributed by atoms with van der Waals surface area (Å²) >= 11 is 0. The molecule has 1 saturated carbocycles. The summed E-state index contributed by atoms with van der Waals surface area (Å²) in [4.78, 5) is 0. The highest BCUT2D eigenvalue weighted by atomic mass is 16.5. The summed E-state index contributed by atoms with van der Waals surface area (Å²) in [5.74, 6) is 0.885. The van der Waals surface area contributed by atoms with E-state index in [0.29, 0.717) is 5.41 Å². The van der Waals surface area contributed by atoms with Crippen LogP contribution in [-0.2, 0) is 0 Å². The molecule has 18 heavy (non-hydrogen) atoms. The molecular weight excluding hydrogens is 224 g/mol. The number of para-hydroxylation sites is 1. The lowest BCUT2D eigenvalue weighted by molar-refractivity contribution is -0.0575.